The Morgan fingerprint density at radius 3 is 2.78 bits per heavy atom. The molecular formula is C20H22N4O2S. The van der Waals surface area contributed by atoms with E-state index in [4.69, 9.17) is 21.7 Å². The van der Waals surface area contributed by atoms with Crippen LogP contribution in [0, 0.1) is 11.7 Å². The van der Waals surface area contributed by atoms with Gasteiger partial charge in [0.05, 0.1) is 19.9 Å². The number of aryl methyl sites for hydroxylation is 1. The van der Waals surface area contributed by atoms with Gasteiger partial charge in [-0.25, -0.2) is 5.10 Å². The average Bonchev–Trinajstić information content (AvgIpc) is 3.05. The number of hydrogen-bond donors (Lipinski definition) is 1. The fourth-order valence-electron chi connectivity index (χ4n) is 2.62. The van der Waals surface area contributed by atoms with Crippen LogP contribution >= 0.6 is 12.2 Å². The van der Waals surface area contributed by atoms with Gasteiger partial charge in [0.25, 0.3) is 0 Å². The van der Waals surface area contributed by atoms with E-state index in [1.807, 2.05) is 49.4 Å². The second-order valence-electron chi connectivity index (χ2n) is 5.98. The van der Waals surface area contributed by atoms with Crippen molar-refractivity contribution in [2.75, 3.05) is 13.7 Å². The Hall–Kier alpha value is -2.93. The standard InChI is InChI=1S/C20H22N4O2S/c1-4-11-26-17-10-9-15(12-18(17)25-3)13-21-24-19(22-23-20(24)27)16-8-6-5-7-14(16)2/h5-10,12-13H,4,11H2,1-3H3,(H,23,27)/b21-13+. The summed E-state index contributed by atoms with van der Waals surface area (Å²) in [6.07, 6.45) is 2.66. The molecule has 0 saturated carbocycles. The Kier molecular flexibility index (Phi) is 6.03. The molecule has 7 heteroatoms. The van der Waals surface area contributed by atoms with Gasteiger partial charge < -0.3 is 9.47 Å². The molecule has 0 unspecified atom stereocenters. The van der Waals surface area contributed by atoms with Gasteiger partial charge in [0.15, 0.2) is 17.3 Å². The summed E-state index contributed by atoms with van der Waals surface area (Å²) in [6.45, 7) is 4.74. The zero-order valence-corrected chi connectivity index (χ0v) is 16.4. The number of benzene rings is 2. The van der Waals surface area contributed by atoms with Crippen LogP contribution in [0.3, 0.4) is 0 Å². The maximum Gasteiger partial charge on any atom is 0.216 e. The molecule has 0 bridgehead atoms. The second-order valence-corrected chi connectivity index (χ2v) is 6.37. The number of H-pyrrole nitrogens is 1. The second kappa shape index (κ2) is 8.64. The Morgan fingerprint density at radius 2 is 2.04 bits per heavy atom. The summed E-state index contributed by atoms with van der Waals surface area (Å²) in [6, 6.07) is 13.7. The first-order valence-corrected chi connectivity index (χ1v) is 9.13. The molecule has 3 aromatic rings. The van der Waals surface area contributed by atoms with E-state index in [0.717, 1.165) is 28.9 Å². The molecule has 0 atom stereocenters. The van der Waals surface area contributed by atoms with Crippen LogP contribution < -0.4 is 9.47 Å². The van der Waals surface area contributed by atoms with Crippen LogP contribution in [0.15, 0.2) is 47.6 Å². The Balaban J connectivity index is 1.92. The van der Waals surface area contributed by atoms with Crippen LogP contribution in [0.2, 0.25) is 0 Å². The molecule has 0 saturated heterocycles. The lowest BCUT2D eigenvalue weighted by atomic mass is 10.1. The number of nitrogens with zero attached hydrogens (tertiary/aromatic N) is 3. The summed E-state index contributed by atoms with van der Waals surface area (Å²) < 4.78 is 13.2. The van der Waals surface area contributed by atoms with Crippen LogP contribution in [-0.4, -0.2) is 34.8 Å². The zero-order valence-electron chi connectivity index (χ0n) is 15.6. The molecule has 6 nitrogen and oxygen atoms in total. The van der Waals surface area contributed by atoms with Gasteiger partial charge >= 0.3 is 0 Å². The van der Waals surface area contributed by atoms with Crippen molar-refractivity contribution in [3.63, 3.8) is 0 Å². The predicted molar refractivity (Wildman–Crippen MR) is 109 cm³/mol. The highest BCUT2D eigenvalue weighted by Gasteiger charge is 2.10. The maximum absolute atomic E-state index is 5.69. The van der Waals surface area contributed by atoms with E-state index in [9.17, 15) is 0 Å². The third-order valence-electron chi connectivity index (χ3n) is 4.01. The normalized spacial score (nSPS) is 11.1. The maximum atomic E-state index is 5.69. The number of nitrogens with one attached hydrogen (secondary N) is 1. The number of rotatable bonds is 7. The zero-order chi connectivity index (χ0) is 19.2. The van der Waals surface area contributed by atoms with E-state index in [1.165, 1.54) is 0 Å². The fraction of sp³-hybridized carbons (Fsp3) is 0.250. The lowest BCUT2D eigenvalue weighted by molar-refractivity contribution is 0.294. The van der Waals surface area contributed by atoms with Gasteiger partial charge in [-0.1, -0.05) is 31.2 Å². The van der Waals surface area contributed by atoms with Gasteiger partial charge in [-0.2, -0.15) is 14.9 Å². The first kappa shape index (κ1) is 18.8. The van der Waals surface area contributed by atoms with Crippen molar-refractivity contribution in [2.24, 2.45) is 5.10 Å². The number of hydrogen-bond acceptors (Lipinski definition) is 5. The SMILES string of the molecule is CCCOc1ccc(/C=N/n2c(-c3ccccc3C)n[nH]c2=S)cc1OC. The molecule has 1 heterocycles. The minimum Gasteiger partial charge on any atom is -0.493 e. The van der Waals surface area contributed by atoms with Crippen molar-refractivity contribution in [1.82, 2.24) is 14.9 Å². The molecule has 0 radical (unpaired) electrons. The van der Waals surface area contributed by atoms with Gasteiger partial charge in [-0.15, -0.1) is 0 Å². The molecule has 140 valence electrons. The van der Waals surface area contributed by atoms with E-state index in [2.05, 4.69) is 22.2 Å². The number of methoxy groups -OCH3 is 1. The highest BCUT2D eigenvalue weighted by Crippen LogP contribution is 2.28. The van der Waals surface area contributed by atoms with E-state index >= 15 is 0 Å². The van der Waals surface area contributed by atoms with Crippen molar-refractivity contribution in [3.8, 4) is 22.9 Å². The van der Waals surface area contributed by atoms with Crippen LogP contribution in [0.1, 0.15) is 24.5 Å². The summed E-state index contributed by atoms with van der Waals surface area (Å²) in [5.41, 5.74) is 2.94. The number of aromatic nitrogens is 3. The first-order valence-electron chi connectivity index (χ1n) is 8.72. The molecule has 0 amide bonds. The van der Waals surface area contributed by atoms with Crippen LogP contribution in [0.25, 0.3) is 11.4 Å². The van der Waals surface area contributed by atoms with Crippen LogP contribution in [-0.2, 0) is 0 Å². The Labute approximate surface area is 163 Å². The quantitative estimate of drug-likeness (QED) is 0.479. The molecule has 1 aromatic heterocycles. The highest BCUT2D eigenvalue weighted by molar-refractivity contribution is 7.71. The molecule has 0 spiro atoms. The largest absolute Gasteiger partial charge is 0.493 e. The summed E-state index contributed by atoms with van der Waals surface area (Å²) in [4.78, 5) is 0. The topological polar surface area (TPSA) is 64.4 Å². The fourth-order valence-corrected chi connectivity index (χ4v) is 2.80. The molecule has 27 heavy (non-hydrogen) atoms. The molecule has 0 aliphatic rings. The molecule has 0 aliphatic heterocycles. The molecule has 0 fully saturated rings. The van der Waals surface area contributed by atoms with Crippen molar-refractivity contribution < 1.29 is 9.47 Å². The number of ether oxygens (including phenoxy) is 2. The van der Waals surface area contributed by atoms with E-state index < -0.39 is 0 Å². The van der Waals surface area contributed by atoms with Crippen molar-refractivity contribution in [2.45, 2.75) is 20.3 Å². The minimum absolute atomic E-state index is 0.430. The van der Waals surface area contributed by atoms with Crippen molar-refractivity contribution in [3.05, 3.63) is 58.4 Å². The molecule has 0 aliphatic carbocycles. The van der Waals surface area contributed by atoms with Crippen LogP contribution in [0.5, 0.6) is 11.5 Å². The summed E-state index contributed by atoms with van der Waals surface area (Å²) in [5.74, 6) is 2.06. The minimum atomic E-state index is 0.430. The third kappa shape index (κ3) is 4.25. The van der Waals surface area contributed by atoms with Crippen molar-refractivity contribution >= 4 is 18.4 Å². The van der Waals surface area contributed by atoms with Gasteiger partial charge in [0.1, 0.15) is 0 Å². The highest BCUT2D eigenvalue weighted by atomic mass is 32.1. The summed E-state index contributed by atoms with van der Waals surface area (Å²) in [7, 11) is 1.62. The predicted octanol–water partition coefficient (Wildman–Crippen LogP) is 4.60. The Bertz CT molecular complexity index is 1010. The van der Waals surface area contributed by atoms with Gasteiger partial charge in [-0.05, 0) is 54.9 Å². The molecular weight excluding hydrogens is 360 g/mol. The first-order chi connectivity index (χ1) is 13.1. The summed E-state index contributed by atoms with van der Waals surface area (Å²) in [5, 5.41) is 11.7. The average molecular weight is 382 g/mol. The van der Waals surface area contributed by atoms with E-state index in [1.54, 1.807) is 18.0 Å². The summed E-state index contributed by atoms with van der Waals surface area (Å²) >= 11 is 5.34. The van der Waals surface area contributed by atoms with Gasteiger partial charge in [0, 0.05) is 5.56 Å². The van der Waals surface area contributed by atoms with Gasteiger partial charge in [-0.3, -0.25) is 0 Å². The van der Waals surface area contributed by atoms with Crippen molar-refractivity contribution in [1.29, 1.82) is 0 Å². The molecule has 1 N–H and O–H groups in total. The smallest absolute Gasteiger partial charge is 0.216 e. The molecule has 2 aromatic carbocycles. The van der Waals surface area contributed by atoms with E-state index in [-0.39, 0.29) is 0 Å². The third-order valence-corrected chi connectivity index (χ3v) is 4.27. The van der Waals surface area contributed by atoms with Crippen LogP contribution in [0.4, 0.5) is 0 Å². The van der Waals surface area contributed by atoms with E-state index in [0.29, 0.717) is 23.0 Å². The number of aromatic amines is 1. The lowest BCUT2D eigenvalue weighted by Crippen LogP contribution is -1.99. The Morgan fingerprint density at radius 1 is 1.22 bits per heavy atom. The molecule has 3 rings (SSSR count). The van der Waals surface area contributed by atoms with Gasteiger partial charge in [0.2, 0.25) is 4.77 Å². The lowest BCUT2D eigenvalue weighted by Gasteiger charge is -2.10. The monoisotopic (exact) mass is 382 g/mol.